The quantitative estimate of drug-likeness (QED) is 0.182. The number of hydrogen-bond acceptors (Lipinski definition) is 5. The number of ether oxygens (including phenoxy) is 2. The van der Waals surface area contributed by atoms with Gasteiger partial charge in [0.25, 0.3) is 11.8 Å². The largest absolute Gasteiger partial charge is 0.497 e. The summed E-state index contributed by atoms with van der Waals surface area (Å²) in [5.41, 5.74) is 3.08. The summed E-state index contributed by atoms with van der Waals surface area (Å²) >= 11 is 0. The van der Waals surface area contributed by atoms with Crippen LogP contribution >= 0.6 is 0 Å². The van der Waals surface area contributed by atoms with E-state index in [1.54, 1.807) is 25.3 Å². The number of rotatable bonds is 9. The molecule has 3 aromatic carbocycles. The maximum atomic E-state index is 13.4. The van der Waals surface area contributed by atoms with Gasteiger partial charge in [-0.1, -0.05) is 37.3 Å². The zero-order valence-corrected chi connectivity index (χ0v) is 21.8. The number of barbiturate groups is 1. The Morgan fingerprint density at radius 2 is 1.62 bits per heavy atom. The molecule has 4 aromatic rings. The summed E-state index contributed by atoms with van der Waals surface area (Å²) in [6.07, 6.45) is 5.06. The molecular weight excluding hydrogens is 494 g/mol. The highest BCUT2D eigenvalue weighted by Crippen LogP contribution is 2.27. The Hall–Kier alpha value is -4.85. The number of urea groups is 1. The van der Waals surface area contributed by atoms with Gasteiger partial charge in [0.1, 0.15) is 17.1 Å². The maximum absolute atomic E-state index is 13.4. The molecule has 2 heterocycles. The molecule has 0 spiro atoms. The Bertz CT molecular complexity index is 1550. The van der Waals surface area contributed by atoms with Crippen molar-refractivity contribution >= 4 is 40.5 Å². The summed E-state index contributed by atoms with van der Waals surface area (Å²) in [6, 6.07) is 21.6. The summed E-state index contributed by atoms with van der Waals surface area (Å²) < 4.78 is 13.1. The Kier molecular flexibility index (Phi) is 7.45. The number of anilines is 1. The van der Waals surface area contributed by atoms with Gasteiger partial charge in [0.05, 0.1) is 19.4 Å². The van der Waals surface area contributed by atoms with Crippen molar-refractivity contribution in [1.29, 1.82) is 0 Å². The molecule has 0 unspecified atom stereocenters. The molecule has 8 nitrogen and oxygen atoms in total. The van der Waals surface area contributed by atoms with Crippen LogP contribution in [0.15, 0.2) is 84.6 Å². The number of imide groups is 2. The van der Waals surface area contributed by atoms with Crippen molar-refractivity contribution in [2.24, 2.45) is 0 Å². The fraction of sp³-hybridized carbons (Fsp3) is 0.194. The van der Waals surface area contributed by atoms with E-state index in [1.165, 1.54) is 0 Å². The highest BCUT2D eigenvalue weighted by Gasteiger charge is 2.37. The molecule has 1 aliphatic heterocycles. The van der Waals surface area contributed by atoms with E-state index in [-0.39, 0.29) is 5.57 Å². The van der Waals surface area contributed by atoms with E-state index >= 15 is 0 Å². The van der Waals surface area contributed by atoms with Crippen LogP contribution in [0.1, 0.15) is 24.5 Å². The molecule has 4 amide bonds. The monoisotopic (exact) mass is 523 g/mol. The molecule has 0 bridgehead atoms. The van der Waals surface area contributed by atoms with E-state index in [2.05, 4.69) is 9.88 Å². The zero-order chi connectivity index (χ0) is 27.4. The van der Waals surface area contributed by atoms with Crippen LogP contribution in [0.3, 0.4) is 0 Å². The highest BCUT2D eigenvalue weighted by molar-refractivity contribution is 6.39. The van der Waals surface area contributed by atoms with Crippen LogP contribution in [0.2, 0.25) is 0 Å². The number of para-hydroxylation sites is 1. The molecule has 39 heavy (non-hydrogen) atoms. The van der Waals surface area contributed by atoms with E-state index in [1.807, 2.05) is 73.8 Å². The Labute approximate surface area is 226 Å². The molecular formula is C31H29N3O5. The number of aryl methyl sites for hydroxylation is 2. The second-order valence-corrected chi connectivity index (χ2v) is 9.15. The average Bonchev–Trinajstić information content (AvgIpc) is 3.31. The van der Waals surface area contributed by atoms with E-state index < -0.39 is 17.8 Å². The molecule has 0 aliphatic carbocycles. The van der Waals surface area contributed by atoms with Gasteiger partial charge in [-0.25, -0.2) is 9.69 Å². The van der Waals surface area contributed by atoms with E-state index in [9.17, 15) is 14.4 Å². The maximum Gasteiger partial charge on any atom is 0.335 e. The lowest BCUT2D eigenvalue weighted by Crippen LogP contribution is -2.54. The van der Waals surface area contributed by atoms with Crippen LogP contribution in [-0.2, 0) is 22.6 Å². The minimum absolute atomic E-state index is 0.0973. The molecule has 1 aromatic heterocycles. The predicted molar refractivity (Wildman–Crippen MR) is 150 cm³/mol. The van der Waals surface area contributed by atoms with Gasteiger partial charge in [-0.05, 0) is 66.9 Å². The molecule has 1 aliphatic rings. The minimum Gasteiger partial charge on any atom is -0.497 e. The third-order valence-corrected chi connectivity index (χ3v) is 6.70. The Balaban J connectivity index is 1.36. The number of amides is 4. The van der Waals surface area contributed by atoms with Gasteiger partial charge in [0, 0.05) is 29.2 Å². The van der Waals surface area contributed by atoms with Gasteiger partial charge < -0.3 is 14.0 Å². The lowest BCUT2D eigenvalue weighted by Gasteiger charge is -2.26. The average molecular weight is 524 g/mol. The van der Waals surface area contributed by atoms with Gasteiger partial charge >= 0.3 is 6.03 Å². The smallest absolute Gasteiger partial charge is 0.335 e. The van der Waals surface area contributed by atoms with Crippen molar-refractivity contribution in [3.63, 3.8) is 0 Å². The van der Waals surface area contributed by atoms with E-state index in [4.69, 9.17) is 9.47 Å². The van der Waals surface area contributed by atoms with Crippen LogP contribution in [-0.4, -0.2) is 36.1 Å². The van der Waals surface area contributed by atoms with Crippen LogP contribution in [0.5, 0.6) is 11.5 Å². The molecule has 1 saturated heterocycles. The van der Waals surface area contributed by atoms with Crippen LogP contribution in [0, 0.1) is 0 Å². The first-order valence-electron chi connectivity index (χ1n) is 12.8. The summed E-state index contributed by atoms with van der Waals surface area (Å²) in [5.74, 6) is 0.174. The number of hydrogen-bond donors (Lipinski definition) is 1. The minimum atomic E-state index is -0.759. The third-order valence-electron chi connectivity index (χ3n) is 6.70. The zero-order valence-electron chi connectivity index (χ0n) is 21.8. The second kappa shape index (κ2) is 11.3. The van der Waals surface area contributed by atoms with Crippen molar-refractivity contribution in [2.45, 2.75) is 26.3 Å². The number of fused-ring (bicyclic) bond motifs is 1. The molecule has 0 atom stereocenters. The molecule has 0 radical (unpaired) electrons. The van der Waals surface area contributed by atoms with E-state index in [0.29, 0.717) is 18.8 Å². The number of methoxy groups -OCH3 is 1. The van der Waals surface area contributed by atoms with Crippen LogP contribution < -0.4 is 19.7 Å². The number of carbonyl (C=O) groups is 3. The summed E-state index contributed by atoms with van der Waals surface area (Å²) in [4.78, 5) is 39.7. The van der Waals surface area contributed by atoms with Crippen molar-refractivity contribution in [3.8, 4) is 11.5 Å². The molecule has 8 heteroatoms. The predicted octanol–water partition coefficient (Wildman–Crippen LogP) is 5.35. The first-order valence-corrected chi connectivity index (χ1v) is 12.8. The lowest BCUT2D eigenvalue weighted by molar-refractivity contribution is -0.122. The number of aromatic nitrogens is 1. The Morgan fingerprint density at radius 1 is 0.897 bits per heavy atom. The van der Waals surface area contributed by atoms with E-state index in [0.717, 1.165) is 51.3 Å². The molecule has 198 valence electrons. The fourth-order valence-electron chi connectivity index (χ4n) is 4.60. The van der Waals surface area contributed by atoms with Gasteiger partial charge in [-0.2, -0.15) is 0 Å². The first kappa shape index (κ1) is 25.8. The normalized spacial score (nSPS) is 14.7. The first-order chi connectivity index (χ1) is 19.0. The number of benzene rings is 3. The van der Waals surface area contributed by atoms with Crippen molar-refractivity contribution in [1.82, 2.24) is 9.88 Å². The van der Waals surface area contributed by atoms with Crippen LogP contribution in [0.4, 0.5) is 10.5 Å². The molecule has 1 N–H and O–H groups in total. The third kappa shape index (κ3) is 5.40. The summed E-state index contributed by atoms with van der Waals surface area (Å²) in [6.45, 7) is 3.22. The molecule has 1 fully saturated rings. The van der Waals surface area contributed by atoms with Gasteiger partial charge in [-0.3, -0.25) is 14.9 Å². The number of nitrogens with zero attached hydrogens (tertiary/aromatic N) is 2. The highest BCUT2D eigenvalue weighted by atomic mass is 16.5. The summed E-state index contributed by atoms with van der Waals surface area (Å²) in [7, 11) is 1.62. The number of carbonyl (C=O) groups excluding carboxylic acids is 3. The van der Waals surface area contributed by atoms with Gasteiger partial charge in [0.15, 0.2) is 0 Å². The molecule has 0 saturated carbocycles. The van der Waals surface area contributed by atoms with Crippen molar-refractivity contribution in [3.05, 3.63) is 95.7 Å². The van der Waals surface area contributed by atoms with Crippen LogP contribution in [0.25, 0.3) is 17.0 Å². The van der Waals surface area contributed by atoms with Crippen molar-refractivity contribution in [2.75, 3.05) is 18.6 Å². The molecule has 5 rings (SSSR count). The lowest BCUT2D eigenvalue weighted by atomic mass is 10.1. The Morgan fingerprint density at radius 3 is 2.33 bits per heavy atom. The SMILES string of the molecule is CCc1ccc(N2C(=O)NC(=O)/C(=C\c3cn(CCCOc4ccc(OC)cc4)c4ccccc34)C2=O)cc1. The van der Waals surface area contributed by atoms with Gasteiger partial charge in [-0.15, -0.1) is 0 Å². The topological polar surface area (TPSA) is 89.9 Å². The summed E-state index contributed by atoms with van der Waals surface area (Å²) in [5, 5.41) is 3.20. The standard InChI is InChI=1S/C31H29N3O5/c1-3-21-9-11-23(12-10-21)34-30(36)27(29(35)32-31(34)37)19-22-20-33(28-8-5-4-7-26(22)28)17-6-18-39-25-15-13-24(38-2)14-16-25/h4-5,7-16,19-20H,3,6,17-18H2,1-2H3,(H,32,35,37)/b27-19+. The number of nitrogens with one attached hydrogen (secondary N) is 1. The second-order valence-electron chi connectivity index (χ2n) is 9.15. The van der Waals surface area contributed by atoms with Gasteiger partial charge in [0.2, 0.25) is 0 Å². The fourth-order valence-corrected chi connectivity index (χ4v) is 4.60. The van der Waals surface area contributed by atoms with Crippen molar-refractivity contribution < 1.29 is 23.9 Å².